The Hall–Kier alpha value is -2.81. The molecule has 0 aromatic carbocycles. The van der Waals surface area contributed by atoms with Crippen molar-refractivity contribution < 1.29 is 42.1 Å². The summed E-state index contributed by atoms with van der Waals surface area (Å²) in [6.45, 7) is 5.53. The van der Waals surface area contributed by atoms with Crippen molar-refractivity contribution in [2.45, 2.75) is 161 Å². The maximum atomic E-state index is 12.6. The van der Waals surface area contributed by atoms with Crippen LogP contribution in [0.5, 0.6) is 0 Å². The first-order valence-electron chi connectivity index (χ1n) is 22.3. The predicted octanol–water partition coefficient (Wildman–Crippen LogP) is 12.2. The van der Waals surface area contributed by atoms with Gasteiger partial charge in [-0.2, -0.15) is 0 Å². The van der Waals surface area contributed by atoms with Gasteiger partial charge < -0.3 is 27.9 Å². The number of allylic oxidation sites excluding steroid dienone is 13. The largest absolute Gasteiger partial charge is 0.756 e. The number of ether oxygens (including phenoxy) is 2. The molecule has 2 atom stereocenters. The van der Waals surface area contributed by atoms with Crippen LogP contribution in [0.15, 0.2) is 85.6 Å². The van der Waals surface area contributed by atoms with E-state index in [0.717, 1.165) is 64.2 Å². The van der Waals surface area contributed by atoms with Gasteiger partial charge >= 0.3 is 11.9 Å². The molecule has 0 radical (unpaired) electrons. The fourth-order valence-corrected chi connectivity index (χ4v) is 6.33. The summed E-state index contributed by atoms with van der Waals surface area (Å²) in [6.07, 6.45) is 49.5. The summed E-state index contributed by atoms with van der Waals surface area (Å²) >= 11 is 0. The van der Waals surface area contributed by atoms with Gasteiger partial charge in [-0.1, -0.05) is 157 Å². The molecule has 0 aliphatic carbocycles. The molecule has 58 heavy (non-hydrogen) atoms. The number of hydrogen-bond acceptors (Lipinski definition) is 8. The first-order chi connectivity index (χ1) is 28.0. The van der Waals surface area contributed by atoms with Crippen LogP contribution in [0.2, 0.25) is 0 Å². The molecular weight excluding hydrogens is 750 g/mol. The fraction of sp³-hybridized carbons (Fsp3) is 0.667. The standard InChI is InChI=1S/C48H82NO8P/c1-6-8-10-12-14-16-18-20-22-23-24-25-27-29-31-33-35-37-39-41-48(51)57-46(45-56-58(52,53)55-43-42-49(3,4)5)44-54-47(50)40-38-36-34-32-30-28-26-21-19-17-15-13-11-9-7-2/h7-8,10,14,16,20,22,24-25,29,31,35,37,46H,2,6,9,11-13,15,17-19,21,23,26-28,30,32-34,36,38-45H2,1,3-5H3/b10-8+,16-14+,22-20+,25-24+,31-29+,37-35+/t46-/m1/s1. The highest BCUT2D eigenvalue weighted by molar-refractivity contribution is 7.45. The Morgan fingerprint density at radius 1 is 0.586 bits per heavy atom. The molecule has 0 bridgehead atoms. The lowest BCUT2D eigenvalue weighted by Gasteiger charge is -2.28. The Bertz CT molecular complexity index is 1250. The first kappa shape index (κ1) is 55.2. The fourth-order valence-electron chi connectivity index (χ4n) is 5.60. The van der Waals surface area contributed by atoms with Gasteiger partial charge in [-0.25, -0.2) is 0 Å². The third kappa shape index (κ3) is 42.8. The second kappa shape index (κ2) is 39.6. The normalized spacial score (nSPS) is 14.2. The van der Waals surface area contributed by atoms with Crippen molar-refractivity contribution >= 4 is 19.8 Å². The van der Waals surface area contributed by atoms with Crippen molar-refractivity contribution in [3.05, 3.63) is 85.6 Å². The minimum atomic E-state index is -4.65. The molecule has 0 fully saturated rings. The molecule has 0 aromatic rings. The summed E-state index contributed by atoms with van der Waals surface area (Å²) in [5, 5.41) is 0. The smallest absolute Gasteiger partial charge is 0.306 e. The number of carbonyl (C=O) groups excluding carboxylic acids is 2. The highest BCUT2D eigenvalue weighted by atomic mass is 31.2. The number of nitrogens with zero attached hydrogens (tertiary/aromatic N) is 1. The van der Waals surface area contributed by atoms with Crippen molar-refractivity contribution in [2.24, 2.45) is 0 Å². The Morgan fingerprint density at radius 2 is 1.03 bits per heavy atom. The first-order valence-corrected chi connectivity index (χ1v) is 23.7. The van der Waals surface area contributed by atoms with Gasteiger partial charge in [0.2, 0.25) is 0 Å². The van der Waals surface area contributed by atoms with Crippen molar-refractivity contribution in [1.82, 2.24) is 0 Å². The summed E-state index contributed by atoms with van der Waals surface area (Å²) in [7, 11) is 1.10. The SMILES string of the molecule is C=CCCCCCCCCCCCCCCCC(=O)OC[C@H](COP(=O)([O-])OCC[N+](C)(C)C)OC(=O)CC/C=C/C/C=C/C/C=C/C/C=C/C/C=C/C/C=C/CC. The van der Waals surface area contributed by atoms with E-state index >= 15 is 0 Å². The third-order valence-corrected chi connectivity index (χ3v) is 10.0. The molecule has 0 amide bonds. The van der Waals surface area contributed by atoms with Gasteiger partial charge in [-0.05, 0) is 64.2 Å². The van der Waals surface area contributed by atoms with E-state index in [2.05, 4.69) is 74.3 Å². The molecular formula is C48H82NO8P. The van der Waals surface area contributed by atoms with E-state index in [9.17, 15) is 19.0 Å². The van der Waals surface area contributed by atoms with Gasteiger partial charge in [0, 0.05) is 12.8 Å². The maximum Gasteiger partial charge on any atom is 0.306 e. The highest BCUT2D eigenvalue weighted by Gasteiger charge is 2.21. The van der Waals surface area contributed by atoms with Gasteiger partial charge in [0.1, 0.15) is 19.8 Å². The van der Waals surface area contributed by atoms with Gasteiger partial charge in [-0.3, -0.25) is 14.2 Å². The van der Waals surface area contributed by atoms with E-state index in [1.165, 1.54) is 57.8 Å². The molecule has 332 valence electrons. The van der Waals surface area contributed by atoms with E-state index in [1.807, 2.05) is 39.4 Å². The second-order valence-electron chi connectivity index (χ2n) is 15.8. The van der Waals surface area contributed by atoms with Crippen LogP contribution in [-0.4, -0.2) is 70.0 Å². The molecule has 0 aliphatic rings. The van der Waals surface area contributed by atoms with Crippen molar-refractivity contribution in [3.8, 4) is 0 Å². The molecule has 0 saturated heterocycles. The molecule has 0 saturated carbocycles. The Labute approximate surface area is 354 Å². The van der Waals surface area contributed by atoms with Gasteiger partial charge in [0.05, 0.1) is 27.7 Å². The third-order valence-electron chi connectivity index (χ3n) is 9.06. The molecule has 10 heteroatoms. The number of phosphoric acid groups is 1. The zero-order chi connectivity index (χ0) is 42.8. The number of likely N-dealkylation sites (N-methyl/N-ethyl adjacent to an activating group) is 1. The molecule has 0 heterocycles. The number of carbonyl (C=O) groups is 2. The van der Waals surface area contributed by atoms with Crippen LogP contribution < -0.4 is 4.89 Å². The van der Waals surface area contributed by atoms with Crippen LogP contribution in [0.3, 0.4) is 0 Å². The van der Waals surface area contributed by atoms with Crippen LogP contribution in [0.25, 0.3) is 0 Å². The van der Waals surface area contributed by atoms with E-state index in [-0.39, 0.29) is 26.1 Å². The summed E-state index contributed by atoms with van der Waals surface area (Å²) in [4.78, 5) is 37.5. The van der Waals surface area contributed by atoms with Crippen LogP contribution in [0.1, 0.15) is 155 Å². The second-order valence-corrected chi connectivity index (χ2v) is 17.2. The minimum Gasteiger partial charge on any atom is -0.756 e. The van der Waals surface area contributed by atoms with Crippen molar-refractivity contribution in [2.75, 3.05) is 47.5 Å². The summed E-state index contributed by atoms with van der Waals surface area (Å²) < 4.78 is 33.8. The van der Waals surface area contributed by atoms with E-state index in [0.29, 0.717) is 23.9 Å². The number of quaternary nitrogens is 1. The molecule has 9 nitrogen and oxygen atoms in total. The van der Waals surface area contributed by atoms with E-state index < -0.39 is 32.5 Å². The van der Waals surface area contributed by atoms with Crippen molar-refractivity contribution in [1.29, 1.82) is 0 Å². The lowest BCUT2D eigenvalue weighted by molar-refractivity contribution is -0.870. The summed E-state index contributed by atoms with van der Waals surface area (Å²) in [5.74, 6) is -0.942. The molecule has 0 N–H and O–H groups in total. The molecule has 0 rings (SSSR count). The lowest BCUT2D eigenvalue weighted by atomic mass is 10.0. The van der Waals surface area contributed by atoms with Gasteiger partial charge in [0.25, 0.3) is 7.82 Å². The van der Waals surface area contributed by atoms with Crippen LogP contribution in [-0.2, 0) is 32.7 Å². The zero-order valence-electron chi connectivity index (χ0n) is 37.0. The Balaban J connectivity index is 4.48. The zero-order valence-corrected chi connectivity index (χ0v) is 37.9. The van der Waals surface area contributed by atoms with Crippen LogP contribution >= 0.6 is 7.82 Å². The number of phosphoric ester groups is 1. The highest BCUT2D eigenvalue weighted by Crippen LogP contribution is 2.38. The summed E-state index contributed by atoms with van der Waals surface area (Å²) in [6, 6.07) is 0. The molecule has 0 aromatic heterocycles. The maximum absolute atomic E-state index is 12.6. The molecule has 1 unspecified atom stereocenters. The quantitative estimate of drug-likeness (QED) is 0.0197. The Morgan fingerprint density at radius 3 is 1.50 bits per heavy atom. The minimum absolute atomic E-state index is 0.0490. The topological polar surface area (TPSA) is 111 Å². The van der Waals surface area contributed by atoms with Crippen LogP contribution in [0, 0.1) is 0 Å². The van der Waals surface area contributed by atoms with Crippen molar-refractivity contribution in [3.63, 3.8) is 0 Å². The number of hydrogen-bond donors (Lipinski definition) is 0. The predicted molar refractivity (Wildman–Crippen MR) is 240 cm³/mol. The average molecular weight is 832 g/mol. The monoisotopic (exact) mass is 832 g/mol. The number of unbranched alkanes of at least 4 members (excludes halogenated alkanes) is 13. The number of rotatable bonds is 40. The average Bonchev–Trinajstić information content (AvgIpc) is 3.17. The molecule has 0 spiro atoms. The number of esters is 2. The van der Waals surface area contributed by atoms with E-state index in [4.69, 9.17) is 18.5 Å². The molecule has 0 aliphatic heterocycles. The lowest BCUT2D eigenvalue weighted by Crippen LogP contribution is -2.37. The van der Waals surface area contributed by atoms with Gasteiger partial charge in [-0.15, -0.1) is 6.58 Å². The van der Waals surface area contributed by atoms with E-state index in [1.54, 1.807) is 0 Å². The Kier molecular flexibility index (Phi) is 37.7. The van der Waals surface area contributed by atoms with Crippen LogP contribution in [0.4, 0.5) is 0 Å². The summed E-state index contributed by atoms with van der Waals surface area (Å²) in [5.41, 5.74) is 0. The van der Waals surface area contributed by atoms with Gasteiger partial charge in [0.15, 0.2) is 6.10 Å².